The minimum atomic E-state index is -4.98. The van der Waals surface area contributed by atoms with Crippen molar-refractivity contribution in [2.75, 3.05) is 13.1 Å². The predicted octanol–water partition coefficient (Wildman–Crippen LogP) is 13.2. The summed E-state index contributed by atoms with van der Waals surface area (Å²) in [5, 5.41) is 5.66. The van der Waals surface area contributed by atoms with Gasteiger partial charge in [0.1, 0.15) is 47.0 Å². The fourth-order valence-electron chi connectivity index (χ4n) is 13.0. The average Bonchev–Trinajstić information content (AvgIpc) is 1.76. The Balaban J connectivity index is 0.000000263. The average molecular weight is 1430 g/mol. The van der Waals surface area contributed by atoms with Crippen LogP contribution in [0, 0.1) is 34.5 Å². The minimum absolute atomic E-state index is 0. The molecule has 0 unspecified atom stereocenters. The molecular formula is C65H76F10N6O12V2-2. The van der Waals surface area contributed by atoms with E-state index in [2.05, 4.69) is 30.1 Å². The summed E-state index contributed by atoms with van der Waals surface area (Å²) in [5.74, 6) is -11.9. The van der Waals surface area contributed by atoms with Gasteiger partial charge in [-0.05, 0) is 111 Å². The number of aromatic nitrogens is 2. The molecule has 2 aromatic carbocycles. The van der Waals surface area contributed by atoms with Crippen molar-refractivity contribution in [1.82, 2.24) is 30.4 Å². The first-order chi connectivity index (χ1) is 43.2. The predicted molar refractivity (Wildman–Crippen MR) is 314 cm³/mol. The number of pyridine rings is 2. The van der Waals surface area contributed by atoms with E-state index in [0.717, 1.165) is 36.4 Å². The third-order valence-corrected chi connectivity index (χ3v) is 18.7. The molecule has 4 bridgehead atoms. The summed E-state index contributed by atoms with van der Waals surface area (Å²) in [4.78, 5) is 89.4. The summed E-state index contributed by atoms with van der Waals surface area (Å²) in [5.41, 5.74) is -4.51. The van der Waals surface area contributed by atoms with Gasteiger partial charge in [0.25, 0.3) is 11.8 Å². The Morgan fingerprint density at radius 2 is 0.989 bits per heavy atom. The fraction of sp³-hybridized carbons (Fsp3) is 0.631. The zero-order valence-corrected chi connectivity index (χ0v) is 56.7. The molecule has 4 fully saturated rings. The molecule has 6 heterocycles. The topological polar surface area (TPSA) is 214 Å². The van der Waals surface area contributed by atoms with E-state index >= 15 is 17.6 Å². The van der Waals surface area contributed by atoms with E-state index in [-0.39, 0.29) is 103 Å². The van der Waals surface area contributed by atoms with Crippen LogP contribution in [-0.4, -0.2) is 130 Å². The first-order valence-corrected chi connectivity index (χ1v) is 31.0. The maximum Gasteiger partial charge on any atom is 0.573 e. The monoisotopic (exact) mass is 1420 g/mol. The molecule has 4 amide bonds. The van der Waals surface area contributed by atoms with Gasteiger partial charge in [0.2, 0.25) is 23.6 Å². The second-order valence-electron chi connectivity index (χ2n) is 27.8. The van der Waals surface area contributed by atoms with Gasteiger partial charge < -0.3 is 58.4 Å². The standard InChI is InChI=1S/C33H39F5N3O6.C32H37F5N3O6.2V/c1-6-21-24(17-42)41-16-25(21)45-27-22(13-18-10-11-20(14-23(18)39-27)46-33(36,37)38)32(34,35)12-8-7-9-19-15-31(19,5)47-29(44)40-26(28(41)43)30(2,3)4;1-17-23(16-41)40-15-24(17)44-26-21(12-18-9-10-20(13-22(18)38-26)45-32(35,36)37)31(33,34)11-7-6-8-19-14-30(19,5)46-28(43)39-25(27(40)42)29(2,3)4;;/h10-11,13-14,19,21,24-26H,6-9,12,15-16H2,1-5H3,(H,40,44);9-10,12-13,17,19,23-25H,6-8,11,14-15H2,1-5H3,(H,39,43);;/q2*-1;;/t19-,21+,24-,25+,26-,31-;17-,19+,23+,24-,25+,30+;;/m10../s1. The molecule has 2 saturated heterocycles. The van der Waals surface area contributed by atoms with Crippen LogP contribution in [0.15, 0.2) is 48.5 Å². The van der Waals surface area contributed by atoms with Crippen molar-refractivity contribution in [3.63, 3.8) is 0 Å². The van der Waals surface area contributed by atoms with Gasteiger partial charge in [-0.1, -0.05) is 86.7 Å². The Kier molecular flexibility index (Phi) is 22.7. The van der Waals surface area contributed by atoms with Crippen molar-refractivity contribution in [3.8, 4) is 23.3 Å². The van der Waals surface area contributed by atoms with E-state index in [0.29, 0.717) is 38.5 Å². The Morgan fingerprint density at radius 1 is 0.600 bits per heavy atom. The van der Waals surface area contributed by atoms with E-state index in [9.17, 15) is 55.1 Å². The maximum atomic E-state index is 16.0. The van der Waals surface area contributed by atoms with Gasteiger partial charge in [-0.2, -0.15) is 0 Å². The van der Waals surface area contributed by atoms with Crippen LogP contribution in [0.25, 0.3) is 21.8 Å². The molecule has 2 saturated carbocycles. The summed E-state index contributed by atoms with van der Waals surface area (Å²) in [6.07, 6.45) is -7.44. The number of ether oxygens (including phenoxy) is 6. The number of hydrogen-bond donors (Lipinski definition) is 2. The molecule has 0 spiro atoms. The maximum absolute atomic E-state index is 16.0. The summed E-state index contributed by atoms with van der Waals surface area (Å²) in [6.45, 7) is 16.8. The molecule has 30 heteroatoms. The number of carbonyl (C=O) groups is 4. The Hall–Kier alpha value is -6.25. The number of nitrogens with zero attached hydrogens (tertiary/aromatic N) is 4. The van der Waals surface area contributed by atoms with Crippen LogP contribution in [0.1, 0.15) is 151 Å². The Bertz CT molecular complexity index is 3500. The molecule has 95 heavy (non-hydrogen) atoms. The number of benzene rings is 2. The molecule has 520 valence electrons. The fourth-order valence-corrected chi connectivity index (χ4v) is 13.0. The van der Waals surface area contributed by atoms with Gasteiger partial charge in [0, 0.05) is 84.7 Å². The molecule has 2 N–H and O–H groups in total. The van der Waals surface area contributed by atoms with Crippen LogP contribution < -0.4 is 29.6 Å². The van der Waals surface area contributed by atoms with Crippen LogP contribution >= 0.6 is 0 Å². The zero-order chi connectivity index (χ0) is 68.3. The van der Waals surface area contributed by atoms with Gasteiger partial charge in [-0.3, -0.25) is 9.59 Å². The SMILES string of the molecule is CC[C@@H]1[C@@H]2CN(C(=O)[C@H](C(C)(C)C)NC(=O)O[C@]3(C)C[C@H]3CCCCC(F)(F)c3cc4ccc(OC(F)(F)F)cc4nc3O2)[C@@H]1[C-]=O.C[C@@H]1[C@@H]2CN(C(=O)[C@H](C(C)(C)C)NC(=O)O[C@]3(C)C[C@H]3CCCCC(F)(F)c3cc4ccc(OC(F)(F)F)cc4nc3O2)[C@@H]1[C-]=O.[V].[V]. The van der Waals surface area contributed by atoms with E-state index in [1.807, 2.05) is 12.6 Å². The third kappa shape index (κ3) is 17.5. The number of alkyl halides is 10. The zero-order valence-electron chi connectivity index (χ0n) is 53.9. The number of amides is 4. The molecule has 12 atom stereocenters. The van der Waals surface area contributed by atoms with Crippen LogP contribution in [0.4, 0.5) is 53.5 Å². The van der Waals surface area contributed by atoms with Crippen molar-refractivity contribution in [2.45, 2.75) is 212 Å². The van der Waals surface area contributed by atoms with Gasteiger partial charge in [-0.15, -0.1) is 26.3 Å². The molecular weight excluding hydrogens is 1350 g/mol. The number of rotatable bonds is 5. The summed E-state index contributed by atoms with van der Waals surface area (Å²) in [7, 11) is 0. The van der Waals surface area contributed by atoms with Gasteiger partial charge in [-0.25, -0.2) is 49.7 Å². The van der Waals surface area contributed by atoms with Crippen LogP contribution in [0.5, 0.6) is 23.3 Å². The van der Waals surface area contributed by atoms with Crippen LogP contribution in [-0.2, 0) is 77.6 Å². The number of halogens is 10. The molecule has 2 radical (unpaired) electrons. The van der Waals surface area contributed by atoms with Gasteiger partial charge >= 0.3 is 24.9 Å². The summed E-state index contributed by atoms with van der Waals surface area (Å²) in [6, 6.07) is 4.15. The van der Waals surface area contributed by atoms with E-state index in [1.54, 1.807) is 69.2 Å². The number of alkyl carbamates (subject to hydrolysis) is 2. The number of carbonyl (C=O) groups excluding carboxylic acids is 6. The van der Waals surface area contributed by atoms with Crippen molar-refractivity contribution in [3.05, 3.63) is 59.7 Å². The molecule has 2 aromatic heterocycles. The smallest absolute Gasteiger partial charge is 0.540 e. The summed E-state index contributed by atoms with van der Waals surface area (Å²) >= 11 is 0. The number of fused-ring (bicyclic) bond motifs is 10. The Labute approximate surface area is 566 Å². The quantitative estimate of drug-likeness (QED) is 0.141. The molecule has 10 rings (SSSR count). The van der Waals surface area contributed by atoms with Gasteiger partial charge in [0.05, 0.1) is 35.2 Å². The summed E-state index contributed by atoms with van der Waals surface area (Å²) < 4.78 is 173. The van der Waals surface area contributed by atoms with Crippen molar-refractivity contribution < 1.29 is 138 Å². The molecule has 4 aliphatic heterocycles. The minimum Gasteiger partial charge on any atom is -0.540 e. The van der Waals surface area contributed by atoms with Crippen molar-refractivity contribution in [1.29, 1.82) is 0 Å². The number of hydrogen-bond acceptors (Lipinski definition) is 14. The number of nitrogens with one attached hydrogen (secondary N) is 2. The van der Waals surface area contributed by atoms with Crippen LogP contribution in [0.3, 0.4) is 0 Å². The first-order valence-electron chi connectivity index (χ1n) is 31.0. The normalized spacial score (nSPS) is 29.7. The largest absolute Gasteiger partial charge is 0.573 e. The molecule has 2 aliphatic carbocycles. The second kappa shape index (κ2) is 28.3. The van der Waals surface area contributed by atoms with E-state index in [1.165, 1.54) is 21.9 Å². The third-order valence-electron chi connectivity index (χ3n) is 18.7. The molecule has 18 nitrogen and oxygen atoms in total. The molecule has 6 aliphatic rings. The van der Waals surface area contributed by atoms with Crippen molar-refractivity contribution >= 4 is 58.4 Å². The first kappa shape index (κ1) is 76.1. The molecule has 4 aromatic rings. The second-order valence-corrected chi connectivity index (χ2v) is 27.8. The Morgan fingerprint density at radius 3 is 1.37 bits per heavy atom. The van der Waals surface area contributed by atoms with E-state index in [4.69, 9.17) is 18.9 Å². The van der Waals surface area contributed by atoms with Gasteiger partial charge in [0.15, 0.2) is 0 Å². The van der Waals surface area contributed by atoms with E-state index < -0.39 is 166 Å². The van der Waals surface area contributed by atoms with Crippen LogP contribution in [0.2, 0.25) is 0 Å². The van der Waals surface area contributed by atoms with Crippen molar-refractivity contribution in [2.24, 2.45) is 34.5 Å².